The van der Waals surface area contributed by atoms with E-state index in [1.165, 1.54) is 0 Å². The molecular formula is C9H13Cl3N2O. The molecule has 0 bridgehead atoms. The van der Waals surface area contributed by atoms with Gasteiger partial charge in [0.25, 0.3) is 5.91 Å². The van der Waals surface area contributed by atoms with E-state index < -0.39 is 0 Å². The SMILES string of the molecule is Cl.Cl.NCCNC(=O)c1ccc(Cl)cc1. The lowest BCUT2D eigenvalue weighted by atomic mass is 10.2. The lowest BCUT2D eigenvalue weighted by Crippen LogP contribution is -2.28. The second-order valence-electron chi connectivity index (χ2n) is 2.55. The summed E-state index contributed by atoms with van der Waals surface area (Å²) >= 11 is 5.67. The molecule has 0 radical (unpaired) electrons. The highest BCUT2D eigenvalue weighted by molar-refractivity contribution is 6.30. The van der Waals surface area contributed by atoms with E-state index in [4.69, 9.17) is 17.3 Å². The smallest absolute Gasteiger partial charge is 0.251 e. The van der Waals surface area contributed by atoms with E-state index in [0.29, 0.717) is 23.7 Å². The van der Waals surface area contributed by atoms with Crippen LogP contribution in [0.2, 0.25) is 5.02 Å². The molecule has 0 aliphatic carbocycles. The Kier molecular flexibility index (Phi) is 9.93. The molecule has 1 amide bonds. The van der Waals surface area contributed by atoms with Crippen molar-refractivity contribution in [3.8, 4) is 0 Å². The molecule has 1 aromatic rings. The zero-order chi connectivity index (χ0) is 9.68. The minimum atomic E-state index is -0.123. The number of hydrogen-bond acceptors (Lipinski definition) is 2. The van der Waals surface area contributed by atoms with Crippen molar-refractivity contribution in [2.24, 2.45) is 5.73 Å². The molecule has 0 unspecified atom stereocenters. The Hall–Kier alpha value is -0.480. The largest absolute Gasteiger partial charge is 0.351 e. The van der Waals surface area contributed by atoms with E-state index in [1.54, 1.807) is 24.3 Å². The van der Waals surface area contributed by atoms with Crippen LogP contribution in [-0.4, -0.2) is 19.0 Å². The number of nitrogens with one attached hydrogen (secondary N) is 1. The van der Waals surface area contributed by atoms with Gasteiger partial charge >= 0.3 is 0 Å². The van der Waals surface area contributed by atoms with Gasteiger partial charge in [0.1, 0.15) is 0 Å². The maximum Gasteiger partial charge on any atom is 0.251 e. The average molecular weight is 272 g/mol. The van der Waals surface area contributed by atoms with Crippen LogP contribution < -0.4 is 11.1 Å². The third-order valence-electron chi connectivity index (χ3n) is 1.54. The van der Waals surface area contributed by atoms with Crippen LogP contribution in [0.1, 0.15) is 10.4 Å². The summed E-state index contributed by atoms with van der Waals surface area (Å²) in [6.45, 7) is 0.931. The first-order valence-electron chi connectivity index (χ1n) is 3.98. The van der Waals surface area contributed by atoms with Crippen LogP contribution in [0.5, 0.6) is 0 Å². The second-order valence-corrected chi connectivity index (χ2v) is 2.99. The number of nitrogens with two attached hydrogens (primary N) is 1. The quantitative estimate of drug-likeness (QED) is 0.882. The van der Waals surface area contributed by atoms with Crippen molar-refractivity contribution in [3.05, 3.63) is 34.9 Å². The molecule has 0 aliphatic heterocycles. The Bertz CT molecular complexity index is 290. The van der Waals surface area contributed by atoms with Gasteiger partial charge in [-0.2, -0.15) is 0 Å². The molecule has 0 spiro atoms. The third kappa shape index (κ3) is 5.85. The van der Waals surface area contributed by atoms with Gasteiger partial charge in [0.15, 0.2) is 0 Å². The molecule has 15 heavy (non-hydrogen) atoms. The van der Waals surface area contributed by atoms with Gasteiger partial charge in [-0.05, 0) is 24.3 Å². The number of hydrogen-bond donors (Lipinski definition) is 2. The van der Waals surface area contributed by atoms with Crippen molar-refractivity contribution in [1.29, 1.82) is 0 Å². The van der Waals surface area contributed by atoms with Crippen LogP contribution in [0, 0.1) is 0 Å². The molecule has 1 rings (SSSR count). The molecule has 0 saturated heterocycles. The Morgan fingerprint density at radius 1 is 1.27 bits per heavy atom. The maximum atomic E-state index is 11.3. The zero-order valence-corrected chi connectivity index (χ0v) is 10.3. The van der Waals surface area contributed by atoms with Crippen LogP contribution in [0.4, 0.5) is 0 Å². The summed E-state index contributed by atoms with van der Waals surface area (Å²) in [5.41, 5.74) is 5.84. The first-order chi connectivity index (χ1) is 6.24. The molecule has 3 N–H and O–H groups in total. The number of benzene rings is 1. The van der Waals surface area contributed by atoms with E-state index in [9.17, 15) is 4.79 Å². The molecule has 0 fully saturated rings. The van der Waals surface area contributed by atoms with Gasteiger partial charge in [-0.25, -0.2) is 0 Å². The summed E-state index contributed by atoms with van der Waals surface area (Å²) in [4.78, 5) is 11.3. The van der Waals surface area contributed by atoms with Crippen molar-refractivity contribution in [2.45, 2.75) is 0 Å². The van der Waals surface area contributed by atoms with Gasteiger partial charge in [0.05, 0.1) is 0 Å². The summed E-state index contributed by atoms with van der Waals surface area (Å²) in [7, 11) is 0. The van der Waals surface area contributed by atoms with Crippen molar-refractivity contribution in [1.82, 2.24) is 5.32 Å². The van der Waals surface area contributed by atoms with Crippen LogP contribution >= 0.6 is 36.4 Å². The number of halogens is 3. The number of rotatable bonds is 3. The average Bonchev–Trinajstić information content (AvgIpc) is 2.15. The highest BCUT2D eigenvalue weighted by Crippen LogP contribution is 2.08. The Balaban J connectivity index is 0. The normalized spacial score (nSPS) is 8.40. The third-order valence-corrected chi connectivity index (χ3v) is 1.79. The fourth-order valence-corrected chi connectivity index (χ4v) is 1.02. The van der Waals surface area contributed by atoms with Crippen LogP contribution in [0.3, 0.4) is 0 Å². The fraction of sp³-hybridized carbons (Fsp3) is 0.222. The lowest BCUT2D eigenvalue weighted by molar-refractivity contribution is 0.0955. The number of carbonyl (C=O) groups excluding carboxylic acids is 1. The fourth-order valence-electron chi connectivity index (χ4n) is 0.889. The lowest BCUT2D eigenvalue weighted by Gasteiger charge is -2.02. The van der Waals surface area contributed by atoms with Gasteiger partial charge in [0, 0.05) is 23.7 Å². The number of carbonyl (C=O) groups is 1. The van der Waals surface area contributed by atoms with Crippen molar-refractivity contribution in [2.75, 3.05) is 13.1 Å². The first-order valence-corrected chi connectivity index (χ1v) is 4.35. The monoisotopic (exact) mass is 270 g/mol. The molecule has 0 aromatic heterocycles. The first kappa shape index (κ1) is 16.9. The summed E-state index contributed by atoms with van der Waals surface area (Å²) in [5, 5.41) is 3.28. The van der Waals surface area contributed by atoms with Crippen molar-refractivity contribution < 1.29 is 4.79 Å². The summed E-state index contributed by atoms with van der Waals surface area (Å²) in [6.07, 6.45) is 0. The minimum absolute atomic E-state index is 0. The summed E-state index contributed by atoms with van der Waals surface area (Å²) < 4.78 is 0. The highest BCUT2D eigenvalue weighted by Gasteiger charge is 2.02. The predicted molar refractivity (Wildman–Crippen MR) is 67.3 cm³/mol. The van der Waals surface area contributed by atoms with E-state index in [1.807, 2.05) is 0 Å². The standard InChI is InChI=1S/C9H11ClN2O.2ClH/c10-8-3-1-7(2-4-8)9(13)12-6-5-11;;/h1-4H,5-6,11H2,(H,12,13);2*1H. The molecule has 6 heteroatoms. The molecule has 86 valence electrons. The Morgan fingerprint density at radius 3 is 2.27 bits per heavy atom. The summed E-state index contributed by atoms with van der Waals surface area (Å²) in [5.74, 6) is -0.123. The van der Waals surface area contributed by atoms with Gasteiger partial charge < -0.3 is 11.1 Å². The predicted octanol–water partition coefficient (Wildman–Crippen LogP) is 1.87. The van der Waals surface area contributed by atoms with Crippen molar-refractivity contribution in [3.63, 3.8) is 0 Å². The van der Waals surface area contributed by atoms with Crippen LogP contribution in [0.25, 0.3) is 0 Å². The molecule has 0 aliphatic rings. The van der Waals surface area contributed by atoms with Gasteiger partial charge in [-0.3, -0.25) is 4.79 Å². The van der Waals surface area contributed by atoms with E-state index in [2.05, 4.69) is 5.32 Å². The highest BCUT2D eigenvalue weighted by atomic mass is 35.5. The minimum Gasteiger partial charge on any atom is -0.351 e. The topological polar surface area (TPSA) is 55.1 Å². The zero-order valence-electron chi connectivity index (χ0n) is 7.90. The molecule has 3 nitrogen and oxygen atoms in total. The maximum absolute atomic E-state index is 11.3. The second kappa shape index (κ2) is 8.80. The van der Waals surface area contributed by atoms with Crippen molar-refractivity contribution >= 4 is 42.3 Å². The van der Waals surface area contributed by atoms with Crippen LogP contribution in [-0.2, 0) is 0 Å². The molecule has 0 atom stereocenters. The van der Waals surface area contributed by atoms with Gasteiger partial charge in [-0.1, -0.05) is 11.6 Å². The van der Waals surface area contributed by atoms with Gasteiger partial charge in [-0.15, -0.1) is 24.8 Å². The van der Waals surface area contributed by atoms with E-state index >= 15 is 0 Å². The Labute approximate surface area is 106 Å². The molecular weight excluding hydrogens is 258 g/mol. The molecule has 1 aromatic carbocycles. The molecule has 0 heterocycles. The molecule has 0 saturated carbocycles. The summed E-state index contributed by atoms with van der Waals surface area (Å²) in [6, 6.07) is 6.71. The van der Waals surface area contributed by atoms with E-state index in [-0.39, 0.29) is 30.7 Å². The number of amides is 1. The van der Waals surface area contributed by atoms with Gasteiger partial charge in [0.2, 0.25) is 0 Å². The Morgan fingerprint density at radius 2 is 1.80 bits per heavy atom. The van der Waals surface area contributed by atoms with Crippen LogP contribution in [0.15, 0.2) is 24.3 Å². The van der Waals surface area contributed by atoms with E-state index in [0.717, 1.165) is 0 Å².